The van der Waals surface area contributed by atoms with E-state index < -0.39 is 6.10 Å². The molecule has 1 N–H and O–H groups in total. The largest absolute Gasteiger partial charge is 0.383 e. The number of hydrogen-bond acceptors (Lipinski definition) is 2. The molecular weight excluding hydrogens is 214 g/mol. The highest BCUT2D eigenvalue weighted by Crippen LogP contribution is 2.45. The van der Waals surface area contributed by atoms with Gasteiger partial charge in [0.15, 0.2) is 0 Å². The molecule has 1 saturated heterocycles. The number of hydrogen-bond donors (Lipinski definition) is 1. The van der Waals surface area contributed by atoms with Gasteiger partial charge in [-0.15, -0.1) is 0 Å². The van der Waals surface area contributed by atoms with Crippen molar-refractivity contribution < 1.29 is 9.90 Å². The molecule has 0 aromatic heterocycles. The molecule has 1 amide bonds. The van der Waals surface area contributed by atoms with E-state index in [1.54, 1.807) is 0 Å². The number of carbonyl (C=O) groups excluding carboxylic acids is 1. The summed E-state index contributed by atoms with van der Waals surface area (Å²) in [4.78, 5) is 14.0. The average molecular weight is 239 g/mol. The van der Waals surface area contributed by atoms with Crippen molar-refractivity contribution in [3.8, 4) is 0 Å². The highest BCUT2D eigenvalue weighted by atomic mass is 16.3. The normalized spacial score (nSPS) is 24.8. The van der Waals surface area contributed by atoms with Crippen LogP contribution in [0.5, 0.6) is 0 Å². The van der Waals surface area contributed by atoms with E-state index in [0.29, 0.717) is 17.8 Å². The number of rotatable bonds is 3. The van der Waals surface area contributed by atoms with Gasteiger partial charge in [0, 0.05) is 13.1 Å². The molecule has 2 rings (SSSR count). The monoisotopic (exact) mass is 239 g/mol. The molecule has 3 heteroatoms. The second kappa shape index (κ2) is 4.97. The van der Waals surface area contributed by atoms with Crippen LogP contribution in [0.2, 0.25) is 0 Å². The Morgan fingerprint density at radius 2 is 1.94 bits per heavy atom. The third-order valence-corrected chi connectivity index (χ3v) is 4.39. The zero-order valence-corrected chi connectivity index (χ0v) is 11.1. The van der Waals surface area contributed by atoms with Crippen LogP contribution in [0.4, 0.5) is 0 Å². The Morgan fingerprint density at radius 3 is 2.53 bits per heavy atom. The lowest BCUT2D eigenvalue weighted by atomic mass is 9.86. The molecule has 0 aromatic carbocycles. The van der Waals surface area contributed by atoms with Crippen molar-refractivity contribution >= 4 is 5.91 Å². The molecule has 2 fully saturated rings. The van der Waals surface area contributed by atoms with E-state index in [-0.39, 0.29) is 5.91 Å². The molecule has 1 spiro atoms. The fourth-order valence-corrected chi connectivity index (χ4v) is 3.41. The van der Waals surface area contributed by atoms with Gasteiger partial charge in [-0.25, -0.2) is 0 Å². The zero-order chi connectivity index (χ0) is 12.5. The number of carbonyl (C=O) groups is 1. The molecule has 3 nitrogen and oxygen atoms in total. The Bertz CT molecular complexity index is 282. The molecule has 1 saturated carbocycles. The lowest BCUT2D eigenvalue weighted by Crippen LogP contribution is -2.39. The number of nitrogens with zero attached hydrogens (tertiary/aromatic N) is 1. The Labute approximate surface area is 104 Å². The minimum atomic E-state index is -0.786. The highest BCUT2D eigenvalue weighted by Gasteiger charge is 2.42. The smallest absolute Gasteiger partial charge is 0.251 e. The summed E-state index contributed by atoms with van der Waals surface area (Å²) < 4.78 is 0. The van der Waals surface area contributed by atoms with Crippen LogP contribution < -0.4 is 0 Å². The van der Waals surface area contributed by atoms with E-state index in [2.05, 4.69) is 0 Å². The van der Waals surface area contributed by atoms with Gasteiger partial charge in [-0.3, -0.25) is 4.79 Å². The minimum absolute atomic E-state index is 0.0394. The summed E-state index contributed by atoms with van der Waals surface area (Å²) in [6, 6.07) is 0. The number of aliphatic hydroxyl groups excluding tert-OH is 1. The molecule has 0 radical (unpaired) electrons. The molecule has 1 heterocycles. The first-order chi connectivity index (χ1) is 8.02. The van der Waals surface area contributed by atoms with Crippen LogP contribution in [0.1, 0.15) is 52.4 Å². The third-order valence-electron chi connectivity index (χ3n) is 4.39. The van der Waals surface area contributed by atoms with Gasteiger partial charge in [0.1, 0.15) is 6.10 Å². The molecule has 17 heavy (non-hydrogen) atoms. The Morgan fingerprint density at radius 1 is 1.29 bits per heavy atom. The lowest BCUT2D eigenvalue weighted by Gasteiger charge is -2.25. The lowest BCUT2D eigenvalue weighted by molar-refractivity contribution is -0.140. The van der Waals surface area contributed by atoms with Gasteiger partial charge in [-0.05, 0) is 37.0 Å². The molecule has 1 atom stereocenters. The van der Waals surface area contributed by atoms with Crippen molar-refractivity contribution in [1.29, 1.82) is 0 Å². The second-order valence-corrected chi connectivity index (χ2v) is 6.36. The molecule has 2 aliphatic rings. The van der Waals surface area contributed by atoms with Gasteiger partial charge in [0.2, 0.25) is 0 Å². The Balaban J connectivity index is 1.89. The second-order valence-electron chi connectivity index (χ2n) is 6.36. The molecule has 0 bridgehead atoms. The van der Waals surface area contributed by atoms with E-state index in [1.165, 1.54) is 25.7 Å². The first kappa shape index (κ1) is 12.9. The SMILES string of the molecule is CC(C)C[C@H](O)C(=O)N1CCC2(CCCC2)C1. The topological polar surface area (TPSA) is 40.5 Å². The summed E-state index contributed by atoms with van der Waals surface area (Å²) >= 11 is 0. The highest BCUT2D eigenvalue weighted by molar-refractivity contribution is 5.81. The maximum atomic E-state index is 12.1. The van der Waals surface area contributed by atoms with Crippen LogP contribution in [0.3, 0.4) is 0 Å². The number of aliphatic hydroxyl groups is 1. The standard InChI is InChI=1S/C14H25NO2/c1-11(2)9-12(16)13(17)15-8-7-14(10-15)5-3-4-6-14/h11-12,16H,3-10H2,1-2H3/t12-/m0/s1. The van der Waals surface area contributed by atoms with Crippen molar-refractivity contribution in [2.45, 2.75) is 58.5 Å². The predicted molar refractivity (Wildman–Crippen MR) is 67.6 cm³/mol. The van der Waals surface area contributed by atoms with Gasteiger partial charge >= 0.3 is 0 Å². The summed E-state index contributed by atoms with van der Waals surface area (Å²) in [5, 5.41) is 9.89. The molecular formula is C14H25NO2. The average Bonchev–Trinajstić information content (AvgIpc) is 2.88. The van der Waals surface area contributed by atoms with Gasteiger partial charge in [-0.1, -0.05) is 26.7 Å². The quantitative estimate of drug-likeness (QED) is 0.820. The van der Waals surface area contributed by atoms with Gasteiger partial charge in [0.25, 0.3) is 5.91 Å². The Kier molecular flexibility index (Phi) is 3.76. The molecule has 0 aromatic rings. The Hall–Kier alpha value is -0.570. The van der Waals surface area contributed by atoms with Crippen LogP contribution in [0, 0.1) is 11.3 Å². The summed E-state index contributed by atoms with van der Waals surface area (Å²) in [5.74, 6) is 0.333. The van der Waals surface area contributed by atoms with Crippen molar-refractivity contribution in [3.63, 3.8) is 0 Å². The van der Waals surface area contributed by atoms with E-state index in [1.807, 2.05) is 18.7 Å². The molecule has 98 valence electrons. The van der Waals surface area contributed by atoms with Crippen LogP contribution in [-0.2, 0) is 4.79 Å². The summed E-state index contributed by atoms with van der Waals surface area (Å²) in [6.45, 7) is 5.83. The minimum Gasteiger partial charge on any atom is -0.383 e. The first-order valence-electron chi connectivity index (χ1n) is 6.99. The maximum Gasteiger partial charge on any atom is 0.251 e. The van der Waals surface area contributed by atoms with Crippen LogP contribution in [0.15, 0.2) is 0 Å². The van der Waals surface area contributed by atoms with Crippen LogP contribution in [0.25, 0.3) is 0 Å². The third kappa shape index (κ3) is 2.82. The maximum absolute atomic E-state index is 12.1. The number of amides is 1. The summed E-state index contributed by atoms with van der Waals surface area (Å²) in [7, 11) is 0. The van der Waals surface area contributed by atoms with Gasteiger partial charge < -0.3 is 10.0 Å². The first-order valence-corrected chi connectivity index (χ1v) is 6.99. The van der Waals surface area contributed by atoms with E-state index in [4.69, 9.17) is 0 Å². The fourth-order valence-electron chi connectivity index (χ4n) is 3.41. The van der Waals surface area contributed by atoms with Crippen molar-refractivity contribution in [3.05, 3.63) is 0 Å². The fraction of sp³-hybridized carbons (Fsp3) is 0.929. The molecule has 0 unspecified atom stereocenters. The number of likely N-dealkylation sites (tertiary alicyclic amines) is 1. The van der Waals surface area contributed by atoms with Crippen LogP contribution in [-0.4, -0.2) is 35.1 Å². The van der Waals surface area contributed by atoms with Crippen molar-refractivity contribution in [1.82, 2.24) is 4.90 Å². The van der Waals surface area contributed by atoms with Gasteiger partial charge in [0.05, 0.1) is 0 Å². The van der Waals surface area contributed by atoms with Crippen LogP contribution >= 0.6 is 0 Å². The summed E-state index contributed by atoms with van der Waals surface area (Å²) in [5.41, 5.74) is 0.410. The van der Waals surface area contributed by atoms with Gasteiger partial charge in [-0.2, -0.15) is 0 Å². The molecule has 1 aliphatic carbocycles. The molecule has 1 aliphatic heterocycles. The van der Waals surface area contributed by atoms with E-state index >= 15 is 0 Å². The zero-order valence-electron chi connectivity index (χ0n) is 11.1. The van der Waals surface area contributed by atoms with E-state index in [0.717, 1.165) is 19.5 Å². The van der Waals surface area contributed by atoms with Crippen molar-refractivity contribution in [2.24, 2.45) is 11.3 Å². The summed E-state index contributed by atoms with van der Waals surface area (Å²) in [6.07, 6.45) is 6.13. The predicted octanol–water partition coefficient (Wildman–Crippen LogP) is 2.19. The van der Waals surface area contributed by atoms with E-state index in [9.17, 15) is 9.90 Å². The van der Waals surface area contributed by atoms with Crippen molar-refractivity contribution in [2.75, 3.05) is 13.1 Å².